The van der Waals surface area contributed by atoms with E-state index in [2.05, 4.69) is 5.32 Å². The summed E-state index contributed by atoms with van der Waals surface area (Å²) in [5, 5.41) is 14.9. The molecule has 0 spiro atoms. The van der Waals surface area contributed by atoms with Crippen LogP contribution in [0.15, 0.2) is 29.6 Å². The van der Waals surface area contributed by atoms with E-state index in [1.54, 1.807) is 11.3 Å². The summed E-state index contributed by atoms with van der Waals surface area (Å²) >= 11 is 1.64. The minimum atomic E-state index is -0.939. The zero-order valence-corrected chi connectivity index (χ0v) is 11.5. The van der Waals surface area contributed by atoms with Crippen LogP contribution in [0.1, 0.15) is 12.8 Å². The van der Waals surface area contributed by atoms with Gasteiger partial charge in [0.2, 0.25) is 0 Å². The number of carboxylic acid groups (broad SMARTS) is 1. The largest absolute Gasteiger partial charge is 0.480 e. The smallest absolute Gasteiger partial charge is 0.326 e. The average molecular weight is 290 g/mol. The summed E-state index contributed by atoms with van der Waals surface area (Å²) < 4.78 is 1.16. The van der Waals surface area contributed by atoms with E-state index in [1.807, 2.05) is 29.6 Å². The molecule has 1 aliphatic heterocycles. The normalized spacial score (nSPS) is 18.4. The Balaban J connectivity index is 1.76. The zero-order valence-electron chi connectivity index (χ0n) is 10.7. The molecule has 2 N–H and O–H groups in total. The number of anilines is 1. The van der Waals surface area contributed by atoms with Gasteiger partial charge in [-0.1, -0.05) is 0 Å². The molecule has 1 aromatic carbocycles. The summed E-state index contributed by atoms with van der Waals surface area (Å²) in [5.41, 5.74) is 0.692. The highest BCUT2D eigenvalue weighted by atomic mass is 32.1. The summed E-state index contributed by atoms with van der Waals surface area (Å²) in [7, 11) is 0. The fourth-order valence-corrected chi connectivity index (χ4v) is 3.28. The fourth-order valence-electron chi connectivity index (χ4n) is 2.51. The third-order valence-corrected chi connectivity index (χ3v) is 4.40. The molecule has 0 saturated carbocycles. The predicted octanol–water partition coefficient (Wildman–Crippen LogP) is 2.98. The van der Waals surface area contributed by atoms with Gasteiger partial charge >= 0.3 is 12.0 Å². The molecule has 3 rings (SSSR count). The second kappa shape index (κ2) is 5.13. The molecule has 20 heavy (non-hydrogen) atoms. The molecule has 2 heterocycles. The maximum atomic E-state index is 12.2. The third-order valence-electron chi connectivity index (χ3n) is 3.50. The molecule has 6 heteroatoms. The average Bonchev–Trinajstić information content (AvgIpc) is 3.06. The van der Waals surface area contributed by atoms with Gasteiger partial charge in [-0.05, 0) is 47.9 Å². The number of rotatable bonds is 2. The van der Waals surface area contributed by atoms with Crippen molar-refractivity contribution in [3.05, 3.63) is 29.6 Å². The second-order valence-corrected chi connectivity index (χ2v) is 5.74. The number of likely N-dealkylation sites (tertiary alicyclic amines) is 1. The maximum Gasteiger partial charge on any atom is 0.326 e. The van der Waals surface area contributed by atoms with Gasteiger partial charge in [0, 0.05) is 16.9 Å². The van der Waals surface area contributed by atoms with Gasteiger partial charge in [-0.2, -0.15) is 0 Å². The summed E-state index contributed by atoms with van der Waals surface area (Å²) in [6.07, 6.45) is 1.25. The lowest BCUT2D eigenvalue weighted by molar-refractivity contribution is -0.141. The van der Waals surface area contributed by atoms with Crippen molar-refractivity contribution in [2.24, 2.45) is 0 Å². The Bertz CT molecular complexity index is 667. The second-order valence-electron chi connectivity index (χ2n) is 4.79. The van der Waals surface area contributed by atoms with Crippen molar-refractivity contribution >= 4 is 39.1 Å². The molecular weight excluding hydrogens is 276 g/mol. The highest BCUT2D eigenvalue weighted by Crippen LogP contribution is 2.25. The monoisotopic (exact) mass is 290 g/mol. The summed E-state index contributed by atoms with van der Waals surface area (Å²) in [4.78, 5) is 24.6. The molecule has 1 saturated heterocycles. The number of nitrogens with zero attached hydrogens (tertiary/aromatic N) is 1. The molecule has 1 aromatic heterocycles. The molecule has 0 aliphatic carbocycles. The van der Waals surface area contributed by atoms with Crippen LogP contribution in [0.3, 0.4) is 0 Å². The molecular formula is C14H14N2O3S. The quantitative estimate of drug-likeness (QED) is 0.893. The first-order chi connectivity index (χ1) is 9.65. The van der Waals surface area contributed by atoms with E-state index in [1.165, 1.54) is 4.90 Å². The molecule has 2 amide bonds. The van der Waals surface area contributed by atoms with Crippen LogP contribution in [0.4, 0.5) is 10.5 Å². The molecule has 104 valence electrons. The summed E-state index contributed by atoms with van der Waals surface area (Å²) in [6, 6.07) is 6.63. The third kappa shape index (κ3) is 2.34. The highest BCUT2D eigenvalue weighted by Gasteiger charge is 2.33. The predicted molar refractivity (Wildman–Crippen MR) is 78.2 cm³/mol. The Hall–Kier alpha value is -2.08. The Morgan fingerprint density at radius 1 is 1.35 bits per heavy atom. The lowest BCUT2D eigenvalue weighted by Gasteiger charge is -2.21. The van der Waals surface area contributed by atoms with Crippen LogP contribution >= 0.6 is 11.3 Å². The first-order valence-electron chi connectivity index (χ1n) is 6.43. The van der Waals surface area contributed by atoms with Crippen LogP contribution in [-0.2, 0) is 4.79 Å². The molecule has 0 radical (unpaired) electrons. The Kier molecular flexibility index (Phi) is 3.31. The summed E-state index contributed by atoms with van der Waals surface area (Å²) in [5.74, 6) is -0.939. The number of thiophene rings is 1. The lowest BCUT2D eigenvalue weighted by atomic mass is 10.2. The van der Waals surface area contributed by atoms with Crippen molar-refractivity contribution < 1.29 is 14.7 Å². The van der Waals surface area contributed by atoms with E-state index in [9.17, 15) is 9.59 Å². The summed E-state index contributed by atoms with van der Waals surface area (Å²) in [6.45, 7) is 0.490. The van der Waals surface area contributed by atoms with E-state index in [-0.39, 0.29) is 6.03 Å². The highest BCUT2D eigenvalue weighted by molar-refractivity contribution is 7.17. The van der Waals surface area contributed by atoms with Gasteiger partial charge in [0.25, 0.3) is 0 Å². The fraction of sp³-hybridized carbons (Fsp3) is 0.286. The van der Waals surface area contributed by atoms with Gasteiger partial charge < -0.3 is 15.3 Å². The Morgan fingerprint density at radius 3 is 3.00 bits per heavy atom. The minimum absolute atomic E-state index is 0.343. The Labute approximate surface area is 119 Å². The van der Waals surface area contributed by atoms with E-state index in [0.29, 0.717) is 18.7 Å². The number of hydrogen-bond acceptors (Lipinski definition) is 3. The number of amides is 2. The number of hydrogen-bond donors (Lipinski definition) is 2. The van der Waals surface area contributed by atoms with Crippen LogP contribution in [0.2, 0.25) is 0 Å². The number of aliphatic carboxylic acids is 1. The molecule has 0 unspecified atom stereocenters. The molecule has 2 aromatic rings. The van der Waals surface area contributed by atoms with Crippen molar-refractivity contribution in [1.82, 2.24) is 4.90 Å². The van der Waals surface area contributed by atoms with E-state index in [4.69, 9.17) is 5.11 Å². The van der Waals surface area contributed by atoms with Crippen molar-refractivity contribution in [2.75, 3.05) is 11.9 Å². The van der Waals surface area contributed by atoms with Crippen molar-refractivity contribution in [2.45, 2.75) is 18.9 Å². The van der Waals surface area contributed by atoms with Gasteiger partial charge in [-0.25, -0.2) is 9.59 Å². The van der Waals surface area contributed by atoms with Crippen molar-refractivity contribution in [1.29, 1.82) is 0 Å². The van der Waals surface area contributed by atoms with Crippen LogP contribution in [-0.4, -0.2) is 34.6 Å². The molecule has 1 aliphatic rings. The van der Waals surface area contributed by atoms with Gasteiger partial charge in [-0.15, -0.1) is 11.3 Å². The number of fused-ring (bicyclic) bond motifs is 1. The lowest BCUT2D eigenvalue weighted by Crippen LogP contribution is -2.42. The number of benzene rings is 1. The first kappa shape index (κ1) is 12.9. The van der Waals surface area contributed by atoms with Crippen LogP contribution in [0.5, 0.6) is 0 Å². The minimum Gasteiger partial charge on any atom is -0.480 e. The standard InChI is InChI=1S/C14H14N2O3S/c17-13(18)11-2-1-6-16(11)14(19)15-10-3-4-12-9(8-10)5-7-20-12/h3-5,7-8,11H,1-2,6H2,(H,15,19)(H,17,18)/t11-/m0/s1. The van der Waals surface area contributed by atoms with E-state index >= 15 is 0 Å². The number of carbonyl (C=O) groups is 2. The van der Waals surface area contributed by atoms with Crippen LogP contribution in [0, 0.1) is 0 Å². The van der Waals surface area contributed by atoms with Crippen molar-refractivity contribution in [3.63, 3.8) is 0 Å². The van der Waals surface area contributed by atoms with E-state index in [0.717, 1.165) is 16.5 Å². The first-order valence-corrected chi connectivity index (χ1v) is 7.31. The number of urea groups is 1. The zero-order chi connectivity index (χ0) is 14.1. The number of nitrogens with one attached hydrogen (secondary N) is 1. The number of carbonyl (C=O) groups excluding carboxylic acids is 1. The van der Waals surface area contributed by atoms with Gasteiger partial charge in [0.1, 0.15) is 6.04 Å². The van der Waals surface area contributed by atoms with Crippen LogP contribution in [0.25, 0.3) is 10.1 Å². The van der Waals surface area contributed by atoms with Crippen molar-refractivity contribution in [3.8, 4) is 0 Å². The van der Waals surface area contributed by atoms with Gasteiger partial charge in [-0.3, -0.25) is 0 Å². The van der Waals surface area contributed by atoms with Gasteiger partial charge in [0.15, 0.2) is 0 Å². The molecule has 1 atom stereocenters. The molecule has 5 nitrogen and oxygen atoms in total. The van der Waals surface area contributed by atoms with Gasteiger partial charge in [0.05, 0.1) is 0 Å². The maximum absolute atomic E-state index is 12.2. The SMILES string of the molecule is O=C(O)[C@@H]1CCCN1C(=O)Nc1ccc2sccc2c1. The topological polar surface area (TPSA) is 69.6 Å². The number of carboxylic acids is 1. The van der Waals surface area contributed by atoms with Crippen LogP contribution < -0.4 is 5.32 Å². The van der Waals surface area contributed by atoms with E-state index < -0.39 is 12.0 Å². The molecule has 1 fully saturated rings. The molecule has 0 bridgehead atoms. The Morgan fingerprint density at radius 2 is 2.20 bits per heavy atom.